The number of nitrogens with one attached hydrogen (secondary N) is 1. The molecule has 0 saturated carbocycles. The standard InChI is InChI=1S/C30H33N3O3/c1-3-10-23-15-16-25-28-27(29(35)31-20(2)22-13-8-5-9-14-22)24(19-34)26(18-33(25)30(23)36)32(28)17-21-11-6-4-7-12-21/h3-16,20,24,26-28,34H,17-19H2,1-2H3,(H,31,35)/b10-3-/t20-,24+,26+,27-,28-/m1/s1. The Bertz CT molecular complexity index is 1300. The smallest absolute Gasteiger partial charge is 0.258 e. The Hall–Kier alpha value is -3.48. The molecule has 5 atom stereocenters. The average Bonchev–Trinajstić information content (AvgIpc) is 3.10. The topological polar surface area (TPSA) is 74.6 Å². The zero-order valence-electron chi connectivity index (χ0n) is 20.7. The summed E-state index contributed by atoms with van der Waals surface area (Å²) in [6, 6.07) is 23.3. The minimum atomic E-state index is -0.476. The van der Waals surface area contributed by atoms with Gasteiger partial charge in [-0.15, -0.1) is 0 Å². The van der Waals surface area contributed by atoms with Gasteiger partial charge in [-0.05, 0) is 37.1 Å². The molecule has 0 unspecified atom stereocenters. The Labute approximate surface area is 211 Å². The zero-order chi connectivity index (χ0) is 25.2. The predicted molar refractivity (Wildman–Crippen MR) is 141 cm³/mol. The van der Waals surface area contributed by atoms with Crippen molar-refractivity contribution in [1.29, 1.82) is 0 Å². The molecule has 6 heteroatoms. The molecule has 3 aromatic rings. The molecule has 6 nitrogen and oxygen atoms in total. The van der Waals surface area contributed by atoms with Gasteiger partial charge in [-0.3, -0.25) is 14.5 Å². The SMILES string of the molecule is C/C=C\c1ccc2n(c1=O)C[C@H]1[C@H](CO)[C@@H](C(=O)N[C@H](C)c3ccccc3)[C@@H]2N1Cc1ccccc1. The molecular formula is C30H33N3O3. The van der Waals surface area contributed by atoms with Gasteiger partial charge in [0.15, 0.2) is 0 Å². The number of carbonyl (C=O) groups excluding carboxylic acids is 1. The highest BCUT2D eigenvalue weighted by Gasteiger charge is 2.55. The first-order chi connectivity index (χ1) is 17.5. The minimum absolute atomic E-state index is 0.0460. The Morgan fingerprint density at radius 1 is 1.08 bits per heavy atom. The first-order valence-electron chi connectivity index (χ1n) is 12.7. The summed E-state index contributed by atoms with van der Waals surface area (Å²) in [5.74, 6) is -0.851. The molecule has 0 spiro atoms. The van der Waals surface area contributed by atoms with Crippen LogP contribution in [0.2, 0.25) is 0 Å². The number of aromatic nitrogens is 1. The van der Waals surface area contributed by atoms with Crippen LogP contribution in [-0.4, -0.2) is 33.1 Å². The van der Waals surface area contributed by atoms with Crippen molar-refractivity contribution < 1.29 is 9.90 Å². The van der Waals surface area contributed by atoms with Crippen molar-refractivity contribution >= 4 is 12.0 Å². The van der Waals surface area contributed by atoms with Crippen LogP contribution in [0.1, 0.15) is 48.3 Å². The van der Waals surface area contributed by atoms with Crippen LogP contribution in [0.15, 0.2) is 83.7 Å². The summed E-state index contributed by atoms with van der Waals surface area (Å²) in [7, 11) is 0. The van der Waals surface area contributed by atoms with Gasteiger partial charge in [0.25, 0.3) is 5.56 Å². The summed E-state index contributed by atoms with van der Waals surface area (Å²) in [5.41, 5.74) is 3.60. The second-order valence-electron chi connectivity index (χ2n) is 9.81. The summed E-state index contributed by atoms with van der Waals surface area (Å²) in [5, 5.41) is 13.8. The van der Waals surface area contributed by atoms with E-state index >= 15 is 0 Å². The average molecular weight is 484 g/mol. The Morgan fingerprint density at radius 3 is 2.44 bits per heavy atom. The Morgan fingerprint density at radius 2 is 1.78 bits per heavy atom. The van der Waals surface area contributed by atoms with Gasteiger partial charge < -0.3 is 15.0 Å². The van der Waals surface area contributed by atoms with Crippen LogP contribution in [0.5, 0.6) is 0 Å². The van der Waals surface area contributed by atoms with Crippen LogP contribution >= 0.6 is 0 Å². The van der Waals surface area contributed by atoms with Crippen LogP contribution in [0.25, 0.3) is 6.08 Å². The van der Waals surface area contributed by atoms with Gasteiger partial charge in [0.05, 0.1) is 18.0 Å². The third kappa shape index (κ3) is 4.31. The van der Waals surface area contributed by atoms with Gasteiger partial charge in [0.1, 0.15) is 0 Å². The van der Waals surface area contributed by atoms with Gasteiger partial charge in [-0.1, -0.05) is 72.8 Å². The van der Waals surface area contributed by atoms with E-state index in [1.807, 2.05) is 91.2 Å². The minimum Gasteiger partial charge on any atom is -0.396 e. The van der Waals surface area contributed by atoms with Crippen molar-refractivity contribution in [2.45, 2.75) is 45.1 Å². The first kappa shape index (κ1) is 24.2. The highest BCUT2D eigenvalue weighted by Crippen LogP contribution is 2.49. The number of pyridine rings is 1. The van der Waals surface area contributed by atoms with Crippen LogP contribution in [0.4, 0.5) is 0 Å². The summed E-state index contributed by atoms with van der Waals surface area (Å²) in [6.45, 7) is 4.85. The fraction of sp³-hybridized carbons (Fsp3) is 0.333. The summed E-state index contributed by atoms with van der Waals surface area (Å²) >= 11 is 0. The molecule has 5 rings (SSSR count). The van der Waals surface area contributed by atoms with Crippen molar-refractivity contribution in [2.75, 3.05) is 6.61 Å². The quantitative estimate of drug-likeness (QED) is 0.534. The molecule has 36 heavy (non-hydrogen) atoms. The fourth-order valence-electron chi connectivity index (χ4n) is 5.99. The molecule has 3 heterocycles. The third-order valence-electron chi connectivity index (χ3n) is 7.72. The molecule has 2 aromatic carbocycles. The van der Waals surface area contributed by atoms with E-state index < -0.39 is 5.92 Å². The van der Waals surface area contributed by atoms with E-state index in [0.29, 0.717) is 18.7 Å². The van der Waals surface area contributed by atoms with Crippen LogP contribution in [0.3, 0.4) is 0 Å². The normalized spacial score (nSPS) is 24.0. The van der Waals surface area contributed by atoms with Gasteiger partial charge >= 0.3 is 0 Å². The predicted octanol–water partition coefficient (Wildman–Crippen LogP) is 3.92. The van der Waals surface area contributed by atoms with Crippen molar-refractivity contribution in [3.05, 3.63) is 112 Å². The van der Waals surface area contributed by atoms with E-state index in [9.17, 15) is 14.7 Å². The number of hydrogen-bond donors (Lipinski definition) is 2. The van der Waals surface area contributed by atoms with E-state index in [1.165, 1.54) is 0 Å². The second-order valence-corrected chi connectivity index (χ2v) is 9.81. The van der Waals surface area contributed by atoms with Gasteiger partial charge in [0, 0.05) is 42.9 Å². The lowest BCUT2D eigenvalue weighted by atomic mass is 9.86. The van der Waals surface area contributed by atoms with Gasteiger partial charge in [-0.25, -0.2) is 0 Å². The molecular weight excluding hydrogens is 450 g/mol. The number of hydrogen-bond acceptors (Lipinski definition) is 4. The lowest BCUT2D eigenvalue weighted by Gasteiger charge is -2.38. The van der Waals surface area contributed by atoms with Crippen molar-refractivity contribution in [3.63, 3.8) is 0 Å². The number of aliphatic hydroxyl groups excluding tert-OH is 1. The molecule has 1 saturated heterocycles. The Balaban J connectivity index is 1.55. The van der Waals surface area contributed by atoms with Crippen molar-refractivity contribution in [2.24, 2.45) is 11.8 Å². The number of allylic oxidation sites excluding steroid dienone is 1. The van der Waals surface area contributed by atoms with Crippen LogP contribution in [-0.2, 0) is 17.9 Å². The molecule has 2 bridgehead atoms. The second kappa shape index (κ2) is 10.2. The van der Waals surface area contributed by atoms with E-state index in [4.69, 9.17) is 0 Å². The van der Waals surface area contributed by atoms with Gasteiger partial charge in [-0.2, -0.15) is 0 Å². The van der Waals surface area contributed by atoms with Crippen molar-refractivity contribution in [1.82, 2.24) is 14.8 Å². The molecule has 2 aliphatic rings. The number of fused-ring (bicyclic) bond motifs is 4. The number of carbonyl (C=O) groups is 1. The summed E-state index contributed by atoms with van der Waals surface area (Å²) < 4.78 is 1.82. The lowest BCUT2D eigenvalue weighted by molar-refractivity contribution is -0.128. The lowest BCUT2D eigenvalue weighted by Crippen LogP contribution is -2.46. The van der Waals surface area contributed by atoms with E-state index in [1.54, 1.807) is 0 Å². The highest BCUT2D eigenvalue weighted by molar-refractivity contribution is 5.81. The van der Waals surface area contributed by atoms with Gasteiger partial charge in [0.2, 0.25) is 5.91 Å². The van der Waals surface area contributed by atoms with E-state index in [0.717, 1.165) is 16.8 Å². The molecule has 1 fully saturated rings. The highest BCUT2D eigenvalue weighted by atomic mass is 16.3. The zero-order valence-corrected chi connectivity index (χ0v) is 20.7. The fourth-order valence-corrected chi connectivity index (χ4v) is 5.99. The number of nitrogens with zero attached hydrogens (tertiary/aromatic N) is 2. The van der Waals surface area contributed by atoms with Crippen molar-refractivity contribution in [3.8, 4) is 0 Å². The largest absolute Gasteiger partial charge is 0.396 e. The number of rotatable bonds is 7. The summed E-state index contributed by atoms with van der Waals surface area (Å²) in [4.78, 5) is 29.5. The molecule has 0 radical (unpaired) electrons. The monoisotopic (exact) mass is 483 g/mol. The molecule has 2 aliphatic heterocycles. The number of amides is 1. The van der Waals surface area contributed by atoms with E-state index in [2.05, 4.69) is 22.3 Å². The number of aliphatic hydroxyl groups is 1. The Kier molecular flexibility index (Phi) is 6.90. The van der Waals surface area contributed by atoms with Crippen LogP contribution in [0, 0.1) is 11.8 Å². The first-order valence-corrected chi connectivity index (χ1v) is 12.7. The summed E-state index contributed by atoms with van der Waals surface area (Å²) in [6.07, 6.45) is 3.68. The maximum Gasteiger partial charge on any atom is 0.258 e. The van der Waals surface area contributed by atoms with E-state index in [-0.39, 0.29) is 42.1 Å². The number of benzene rings is 2. The molecule has 0 aliphatic carbocycles. The maximum atomic E-state index is 13.9. The maximum absolute atomic E-state index is 13.9. The van der Waals surface area contributed by atoms with Crippen LogP contribution < -0.4 is 10.9 Å². The molecule has 1 amide bonds. The molecule has 2 N–H and O–H groups in total. The molecule has 1 aromatic heterocycles. The third-order valence-corrected chi connectivity index (χ3v) is 7.72. The molecule has 186 valence electrons.